The monoisotopic (exact) mass is 323 g/mol. The molecule has 0 spiro atoms. The number of amidine groups is 1. The molecule has 2 fully saturated rings. The molecule has 1 aromatic rings. The number of nitrogens with one attached hydrogen (secondary N) is 1. The normalized spacial score (nSPS) is 23.3. The van der Waals surface area contributed by atoms with E-state index >= 15 is 0 Å². The Morgan fingerprint density at radius 1 is 1.46 bits per heavy atom. The van der Waals surface area contributed by atoms with Gasteiger partial charge < -0.3 is 10.6 Å². The van der Waals surface area contributed by atoms with Crippen LogP contribution in [0.5, 0.6) is 0 Å². The van der Waals surface area contributed by atoms with Crippen molar-refractivity contribution in [2.24, 2.45) is 11.7 Å². The van der Waals surface area contributed by atoms with Crippen LogP contribution in [-0.4, -0.2) is 29.2 Å². The molecular formula is C18H21N5O. The summed E-state index contributed by atoms with van der Waals surface area (Å²) in [4.78, 5) is 16.2. The van der Waals surface area contributed by atoms with Crippen molar-refractivity contribution in [1.29, 1.82) is 10.7 Å². The third-order valence-electron chi connectivity index (χ3n) is 4.89. The highest BCUT2D eigenvalue weighted by Gasteiger charge is 2.40. The molecule has 1 atom stereocenters. The van der Waals surface area contributed by atoms with E-state index in [2.05, 4.69) is 6.07 Å². The van der Waals surface area contributed by atoms with E-state index in [1.54, 1.807) is 24.3 Å². The molecule has 3 rings (SSSR count). The van der Waals surface area contributed by atoms with Crippen molar-refractivity contribution in [2.45, 2.75) is 32.2 Å². The molecule has 0 bridgehead atoms. The fourth-order valence-corrected chi connectivity index (χ4v) is 3.22. The van der Waals surface area contributed by atoms with Crippen molar-refractivity contribution in [3.05, 3.63) is 41.7 Å². The minimum atomic E-state index is -0.424. The Labute approximate surface area is 141 Å². The average Bonchev–Trinajstić information content (AvgIpc) is 2.56. The highest BCUT2D eigenvalue weighted by atomic mass is 16.2. The van der Waals surface area contributed by atoms with Crippen LogP contribution in [0.15, 0.2) is 36.2 Å². The lowest BCUT2D eigenvalue weighted by atomic mass is 9.84. The SMILES string of the molecule is C[C@@H]1C(=O)N(c2cccc(C#N)c2)/C(=C/N)C(=N)N1CC1CCC1. The topological polar surface area (TPSA) is 97.2 Å². The first-order chi connectivity index (χ1) is 11.6. The summed E-state index contributed by atoms with van der Waals surface area (Å²) < 4.78 is 0. The second-order valence-corrected chi connectivity index (χ2v) is 6.36. The van der Waals surface area contributed by atoms with Crippen molar-refractivity contribution < 1.29 is 4.79 Å². The van der Waals surface area contributed by atoms with E-state index in [9.17, 15) is 4.79 Å². The Bertz CT molecular complexity index is 744. The summed E-state index contributed by atoms with van der Waals surface area (Å²) in [6.07, 6.45) is 4.83. The van der Waals surface area contributed by atoms with Gasteiger partial charge in [0.2, 0.25) is 0 Å². The van der Waals surface area contributed by atoms with Crippen molar-refractivity contribution in [2.75, 3.05) is 11.4 Å². The second kappa shape index (κ2) is 6.36. The van der Waals surface area contributed by atoms with Crippen LogP contribution in [0.3, 0.4) is 0 Å². The molecule has 1 aliphatic heterocycles. The Morgan fingerprint density at radius 2 is 2.21 bits per heavy atom. The minimum Gasteiger partial charge on any atom is -0.403 e. The molecule has 1 aromatic carbocycles. The number of rotatable bonds is 3. The number of hydrogen-bond donors (Lipinski definition) is 2. The fraction of sp³-hybridized carbons (Fsp3) is 0.389. The van der Waals surface area contributed by atoms with Gasteiger partial charge in [-0.3, -0.25) is 15.1 Å². The second-order valence-electron chi connectivity index (χ2n) is 6.36. The summed E-state index contributed by atoms with van der Waals surface area (Å²) in [5.41, 5.74) is 7.15. The predicted octanol–water partition coefficient (Wildman–Crippen LogP) is 2.17. The van der Waals surface area contributed by atoms with E-state index in [0.29, 0.717) is 22.9 Å². The lowest BCUT2D eigenvalue weighted by molar-refractivity contribution is -0.122. The summed E-state index contributed by atoms with van der Waals surface area (Å²) in [6, 6.07) is 8.45. The van der Waals surface area contributed by atoms with Crippen molar-refractivity contribution >= 4 is 17.4 Å². The van der Waals surface area contributed by atoms with Crippen LogP contribution in [0, 0.1) is 22.7 Å². The standard InChI is InChI=1S/C18H21N5O/c1-12-18(24)23(15-7-3-6-14(8-15)9-19)16(10-20)17(21)22(12)11-13-4-2-5-13/h3,6-8,10,12-13,21H,2,4-5,11,20H2,1H3/b16-10+,21-17?/t12-/m1/s1. The van der Waals surface area contributed by atoms with E-state index in [0.717, 1.165) is 19.4 Å². The van der Waals surface area contributed by atoms with Crippen LogP contribution in [0.4, 0.5) is 5.69 Å². The summed E-state index contributed by atoms with van der Waals surface area (Å²) in [5.74, 6) is 0.684. The Morgan fingerprint density at radius 3 is 2.79 bits per heavy atom. The zero-order chi connectivity index (χ0) is 17.3. The Balaban J connectivity index is 1.94. The minimum absolute atomic E-state index is 0.128. The number of nitriles is 1. The van der Waals surface area contributed by atoms with Crippen molar-refractivity contribution in [3.63, 3.8) is 0 Å². The number of hydrogen-bond acceptors (Lipinski definition) is 4. The third kappa shape index (κ3) is 2.62. The van der Waals surface area contributed by atoms with Gasteiger partial charge in [0, 0.05) is 12.7 Å². The van der Waals surface area contributed by atoms with Gasteiger partial charge in [-0.25, -0.2) is 0 Å². The fourth-order valence-electron chi connectivity index (χ4n) is 3.22. The van der Waals surface area contributed by atoms with E-state index < -0.39 is 6.04 Å². The van der Waals surface area contributed by atoms with Gasteiger partial charge in [-0.2, -0.15) is 5.26 Å². The Kier molecular flexibility index (Phi) is 4.26. The van der Waals surface area contributed by atoms with Gasteiger partial charge in [-0.05, 0) is 43.9 Å². The van der Waals surface area contributed by atoms with Crippen LogP contribution in [0.25, 0.3) is 0 Å². The van der Waals surface area contributed by atoms with Gasteiger partial charge in [0.25, 0.3) is 5.91 Å². The molecule has 24 heavy (non-hydrogen) atoms. The number of anilines is 1. The molecule has 6 nitrogen and oxygen atoms in total. The van der Waals surface area contributed by atoms with Gasteiger partial charge in [-0.15, -0.1) is 0 Å². The highest BCUT2D eigenvalue weighted by Crippen LogP contribution is 2.32. The first-order valence-electron chi connectivity index (χ1n) is 8.18. The molecule has 124 valence electrons. The quantitative estimate of drug-likeness (QED) is 0.891. The lowest BCUT2D eigenvalue weighted by Crippen LogP contribution is -2.59. The molecule has 1 amide bonds. The largest absolute Gasteiger partial charge is 0.403 e. The van der Waals surface area contributed by atoms with Gasteiger partial charge in [0.15, 0.2) is 0 Å². The zero-order valence-corrected chi connectivity index (χ0v) is 13.7. The number of nitrogens with zero attached hydrogens (tertiary/aromatic N) is 3. The summed E-state index contributed by atoms with van der Waals surface area (Å²) in [5, 5.41) is 17.6. The number of carbonyl (C=O) groups is 1. The summed E-state index contributed by atoms with van der Waals surface area (Å²) in [6.45, 7) is 2.54. The molecule has 1 saturated heterocycles. The molecule has 1 saturated carbocycles. The number of amides is 1. The van der Waals surface area contributed by atoms with Crippen molar-refractivity contribution in [1.82, 2.24) is 4.90 Å². The van der Waals surface area contributed by atoms with Crippen LogP contribution in [-0.2, 0) is 4.79 Å². The number of carbonyl (C=O) groups excluding carboxylic acids is 1. The van der Waals surface area contributed by atoms with Crippen LogP contribution >= 0.6 is 0 Å². The van der Waals surface area contributed by atoms with Crippen LogP contribution < -0.4 is 10.6 Å². The molecule has 3 N–H and O–H groups in total. The smallest absolute Gasteiger partial charge is 0.254 e. The van der Waals surface area contributed by atoms with Gasteiger partial charge in [0.05, 0.1) is 17.3 Å². The summed E-state index contributed by atoms with van der Waals surface area (Å²) in [7, 11) is 0. The van der Waals surface area contributed by atoms with Crippen LogP contribution in [0.2, 0.25) is 0 Å². The summed E-state index contributed by atoms with van der Waals surface area (Å²) >= 11 is 0. The van der Waals surface area contributed by atoms with E-state index in [-0.39, 0.29) is 11.7 Å². The molecule has 0 unspecified atom stereocenters. The maximum absolute atomic E-state index is 12.9. The molecule has 1 heterocycles. The van der Waals surface area contributed by atoms with E-state index in [1.807, 2.05) is 11.8 Å². The first-order valence-corrected chi connectivity index (χ1v) is 8.18. The Hall–Kier alpha value is -2.81. The first kappa shape index (κ1) is 16.1. The molecule has 2 aliphatic rings. The van der Waals surface area contributed by atoms with Crippen LogP contribution in [0.1, 0.15) is 31.7 Å². The molecule has 6 heteroatoms. The lowest BCUT2D eigenvalue weighted by Gasteiger charge is -2.44. The third-order valence-corrected chi connectivity index (χ3v) is 4.89. The molecular weight excluding hydrogens is 302 g/mol. The molecule has 0 aromatic heterocycles. The van der Waals surface area contributed by atoms with Gasteiger partial charge in [0.1, 0.15) is 17.6 Å². The van der Waals surface area contributed by atoms with Gasteiger partial charge in [-0.1, -0.05) is 12.5 Å². The maximum atomic E-state index is 12.9. The van der Waals surface area contributed by atoms with Gasteiger partial charge >= 0.3 is 0 Å². The molecule has 1 aliphatic carbocycles. The number of nitrogens with two attached hydrogens (primary N) is 1. The maximum Gasteiger partial charge on any atom is 0.254 e. The zero-order valence-electron chi connectivity index (χ0n) is 13.7. The van der Waals surface area contributed by atoms with Crippen molar-refractivity contribution in [3.8, 4) is 6.07 Å². The predicted molar refractivity (Wildman–Crippen MR) is 92.1 cm³/mol. The number of benzene rings is 1. The van der Waals surface area contributed by atoms with E-state index in [1.165, 1.54) is 17.5 Å². The molecule has 0 radical (unpaired) electrons. The van der Waals surface area contributed by atoms with E-state index in [4.69, 9.17) is 16.4 Å². The highest BCUT2D eigenvalue weighted by molar-refractivity contribution is 6.15. The number of piperazine rings is 1. The average molecular weight is 323 g/mol.